The average molecular weight is 380 g/mol. The Morgan fingerprint density at radius 3 is 2.29 bits per heavy atom. The maximum atomic E-state index is 12.6. The van der Waals surface area contributed by atoms with Gasteiger partial charge in [0.2, 0.25) is 5.91 Å². The van der Waals surface area contributed by atoms with Crippen molar-refractivity contribution < 1.29 is 19.4 Å². The van der Waals surface area contributed by atoms with E-state index in [9.17, 15) is 14.7 Å². The first kappa shape index (κ1) is 19.5. The fourth-order valence-corrected chi connectivity index (χ4v) is 3.08. The number of aryl methyl sites for hydroxylation is 1. The molecule has 146 valence electrons. The van der Waals surface area contributed by atoms with Gasteiger partial charge in [0.05, 0.1) is 7.11 Å². The van der Waals surface area contributed by atoms with Crippen LogP contribution in [0.1, 0.15) is 21.5 Å². The number of rotatable bonds is 4. The number of carbonyl (C=O) groups is 2. The van der Waals surface area contributed by atoms with E-state index < -0.39 is 0 Å². The molecular formula is C22H24N2O4. The molecule has 0 aromatic heterocycles. The monoisotopic (exact) mass is 380 g/mol. The highest BCUT2D eigenvalue weighted by Gasteiger charge is 2.23. The molecule has 2 amide bonds. The van der Waals surface area contributed by atoms with Crippen LogP contribution in [-0.2, 0) is 4.79 Å². The topological polar surface area (TPSA) is 70.1 Å². The van der Waals surface area contributed by atoms with Crippen molar-refractivity contribution in [2.24, 2.45) is 0 Å². The first-order valence-corrected chi connectivity index (χ1v) is 9.18. The van der Waals surface area contributed by atoms with E-state index in [0.29, 0.717) is 37.5 Å². The summed E-state index contributed by atoms with van der Waals surface area (Å²) in [5, 5.41) is 9.63. The molecule has 1 fully saturated rings. The van der Waals surface area contributed by atoms with Crippen molar-refractivity contribution in [2.75, 3.05) is 33.3 Å². The summed E-state index contributed by atoms with van der Waals surface area (Å²) in [6.07, 6.45) is 3.19. The molecule has 1 aliphatic heterocycles. The van der Waals surface area contributed by atoms with Gasteiger partial charge < -0.3 is 19.6 Å². The van der Waals surface area contributed by atoms with Crippen LogP contribution >= 0.6 is 0 Å². The van der Waals surface area contributed by atoms with Crippen LogP contribution in [0.3, 0.4) is 0 Å². The number of hydrogen-bond acceptors (Lipinski definition) is 4. The zero-order valence-electron chi connectivity index (χ0n) is 16.1. The van der Waals surface area contributed by atoms with Crippen LogP contribution in [0.15, 0.2) is 48.5 Å². The lowest BCUT2D eigenvalue weighted by Gasteiger charge is -2.34. The minimum absolute atomic E-state index is 0.00108. The summed E-state index contributed by atoms with van der Waals surface area (Å²) >= 11 is 0. The van der Waals surface area contributed by atoms with Crippen LogP contribution in [0.25, 0.3) is 6.08 Å². The number of ether oxygens (including phenoxy) is 1. The summed E-state index contributed by atoms with van der Waals surface area (Å²) in [7, 11) is 1.48. The van der Waals surface area contributed by atoms with Crippen LogP contribution in [0, 0.1) is 6.92 Å². The summed E-state index contributed by atoms with van der Waals surface area (Å²) in [6.45, 7) is 4.01. The summed E-state index contributed by atoms with van der Waals surface area (Å²) < 4.78 is 5.07. The van der Waals surface area contributed by atoms with E-state index in [4.69, 9.17) is 4.74 Å². The molecule has 1 aliphatic rings. The van der Waals surface area contributed by atoms with Gasteiger partial charge in [-0.2, -0.15) is 0 Å². The molecule has 0 bridgehead atoms. The molecule has 1 heterocycles. The van der Waals surface area contributed by atoms with E-state index in [-0.39, 0.29) is 17.6 Å². The summed E-state index contributed by atoms with van der Waals surface area (Å²) in [5.41, 5.74) is 2.55. The third-order valence-corrected chi connectivity index (χ3v) is 4.80. The first-order chi connectivity index (χ1) is 13.5. The average Bonchev–Trinajstić information content (AvgIpc) is 2.73. The maximum absolute atomic E-state index is 12.6. The molecule has 0 saturated carbocycles. The molecule has 0 atom stereocenters. The van der Waals surface area contributed by atoms with Gasteiger partial charge in [-0.3, -0.25) is 9.59 Å². The third-order valence-electron chi connectivity index (χ3n) is 4.80. The zero-order chi connectivity index (χ0) is 20.1. The Labute approximate surface area is 164 Å². The van der Waals surface area contributed by atoms with Crippen molar-refractivity contribution in [3.8, 4) is 11.5 Å². The van der Waals surface area contributed by atoms with Crippen molar-refractivity contribution in [3.63, 3.8) is 0 Å². The van der Waals surface area contributed by atoms with E-state index in [1.54, 1.807) is 28.0 Å². The fourth-order valence-electron chi connectivity index (χ4n) is 3.08. The Morgan fingerprint density at radius 1 is 1.00 bits per heavy atom. The maximum Gasteiger partial charge on any atom is 0.253 e. The Morgan fingerprint density at radius 2 is 1.64 bits per heavy atom. The summed E-state index contributed by atoms with van der Waals surface area (Å²) in [5.74, 6) is 0.312. The van der Waals surface area contributed by atoms with Crippen molar-refractivity contribution in [3.05, 3.63) is 65.2 Å². The smallest absolute Gasteiger partial charge is 0.253 e. The summed E-state index contributed by atoms with van der Waals surface area (Å²) in [6, 6.07) is 12.4. The van der Waals surface area contributed by atoms with Crippen LogP contribution in [0.4, 0.5) is 0 Å². The molecule has 6 nitrogen and oxygen atoms in total. The molecule has 6 heteroatoms. The Hall–Kier alpha value is -3.28. The largest absolute Gasteiger partial charge is 0.504 e. The number of hydrogen-bond donors (Lipinski definition) is 1. The highest BCUT2D eigenvalue weighted by atomic mass is 16.5. The lowest BCUT2D eigenvalue weighted by Crippen LogP contribution is -2.50. The number of piperazine rings is 1. The zero-order valence-corrected chi connectivity index (χ0v) is 16.1. The number of methoxy groups -OCH3 is 1. The van der Waals surface area contributed by atoms with Gasteiger partial charge in [0, 0.05) is 37.8 Å². The molecule has 1 saturated heterocycles. The Bertz CT molecular complexity index is 882. The molecule has 0 aliphatic carbocycles. The second-order valence-electron chi connectivity index (χ2n) is 6.75. The van der Waals surface area contributed by atoms with Gasteiger partial charge in [0.1, 0.15) is 0 Å². The Kier molecular flexibility index (Phi) is 5.99. The van der Waals surface area contributed by atoms with E-state index >= 15 is 0 Å². The molecule has 0 spiro atoms. The van der Waals surface area contributed by atoms with Gasteiger partial charge in [0.15, 0.2) is 11.5 Å². The second kappa shape index (κ2) is 8.61. The number of carbonyl (C=O) groups excluding carboxylic acids is 2. The number of phenols is 1. The van der Waals surface area contributed by atoms with Crippen molar-refractivity contribution in [2.45, 2.75) is 6.92 Å². The predicted octanol–water partition coefficient (Wildman–Crippen LogP) is 2.71. The standard InChI is InChI=1S/C22H24N2O4/c1-16-3-7-18(8-4-16)22(27)24-13-11-23(12-14-24)21(26)10-6-17-5-9-19(25)20(15-17)28-2/h3-10,15,25H,11-14H2,1-2H3/b10-6+. The van der Waals surface area contributed by atoms with Gasteiger partial charge >= 0.3 is 0 Å². The van der Waals surface area contributed by atoms with E-state index in [1.807, 2.05) is 31.2 Å². The number of nitrogens with zero attached hydrogens (tertiary/aromatic N) is 2. The third kappa shape index (κ3) is 4.52. The van der Waals surface area contributed by atoms with Gasteiger partial charge in [-0.05, 0) is 42.8 Å². The lowest BCUT2D eigenvalue weighted by atomic mass is 10.1. The quantitative estimate of drug-likeness (QED) is 0.828. The molecule has 3 rings (SSSR count). The van der Waals surface area contributed by atoms with Crippen LogP contribution in [0.2, 0.25) is 0 Å². The first-order valence-electron chi connectivity index (χ1n) is 9.18. The minimum Gasteiger partial charge on any atom is -0.504 e. The van der Waals surface area contributed by atoms with E-state index in [2.05, 4.69) is 0 Å². The van der Waals surface area contributed by atoms with E-state index in [0.717, 1.165) is 11.1 Å². The number of benzene rings is 2. The summed E-state index contributed by atoms with van der Waals surface area (Å²) in [4.78, 5) is 28.5. The fraction of sp³-hybridized carbons (Fsp3) is 0.273. The highest BCUT2D eigenvalue weighted by molar-refractivity contribution is 5.95. The molecule has 2 aromatic carbocycles. The van der Waals surface area contributed by atoms with Gasteiger partial charge in [0.25, 0.3) is 5.91 Å². The van der Waals surface area contributed by atoms with Crippen molar-refractivity contribution >= 4 is 17.9 Å². The number of phenolic OH excluding ortho intramolecular Hbond substituents is 1. The SMILES string of the molecule is COc1cc(/C=C/C(=O)N2CCN(C(=O)c3ccc(C)cc3)CC2)ccc1O. The Balaban J connectivity index is 1.56. The van der Waals surface area contributed by atoms with Crippen LogP contribution in [-0.4, -0.2) is 60.0 Å². The molecule has 2 aromatic rings. The van der Waals surface area contributed by atoms with Gasteiger partial charge in [-0.1, -0.05) is 23.8 Å². The lowest BCUT2D eigenvalue weighted by molar-refractivity contribution is -0.127. The highest BCUT2D eigenvalue weighted by Crippen LogP contribution is 2.26. The van der Waals surface area contributed by atoms with Gasteiger partial charge in [-0.25, -0.2) is 0 Å². The number of amides is 2. The van der Waals surface area contributed by atoms with Gasteiger partial charge in [-0.15, -0.1) is 0 Å². The molecule has 1 N–H and O–H groups in total. The molecule has 0 unspecified atom stereocenters. The molecule has 28 heavy (non-hydrogen) atoms. The van der Waals surface area contributed by atoms with Crippen molar-refractivity contribution in [1.29, 1.82) is 0 Å². The number of aromatic hydroxyl groups is 1. The van der Waals surface area contributed by atoms with Crippen LogP contribution in [0.5, 0.6) is 11.5 Å². The normalized spacial score (nSPS) is 14.4. The second-order valence-corrected chi connectivity index (χ2v) is 6.75. The van der Waals surface area contributed by atoms with Crippen LogP contribution < -0.4 is 4.74 Å². The minimum atomic E-state index is -0.102. The molecule has 0 radical (unpaired) electrons. The van der Waals surface area contributed by atoms with Crippen molar-refractivity contribution in [1.82, 2.24) is 9.80 Å². The predicted molar refractivity (Wildman–Crippen MR) is 107 cm³/mol. The molecular weight excluding hydrogens is 356 g/mol. The van der Waals surface area contributed by atoms with E-state index in [1.165, 1.54) is 19.3 Å².